The standard InChI is InChI=1S/C17H25ClN4O4S/c1-12(21-7-9-22(10-8-21)13(2)23)17(24)19-14-5-6-15(18)16(11-14)27(25,26)20(3)4/h5-6,11-12H,7-10H2,1-4H3,(H,19,24)/t12-/m1/s1. The molecule has 0 spiro atoms. The third kappa shape index (κ3) is 4.98. The van der Waals surface area contributed by atoms with Gasteiger partial charge in [-0.05, 0) is 25.1 Å². The van der Waals surface area contributed by atoms with E-state index < -0.39 is 16.1 Å². The molecule has 1 aliphatic rings. The van der Waals surface area contributed by atoms with Crippen molar-refractivity contribution in [2.45, 2.75) is 24.8 Å². The first-order valence-electron chi connectivity index (χ1n) is 8.56. The summed E-state index contributed by atoms with van der Waals surface area (Å²) in [6, 6.07) is 3.96. The molecule has 2 rings (SSSR count). The van der Waals surface area contributed by atoms with E-state index >= 15 is 0 Å². The molecule has 27 heavy (non-hydrogen) atoms. The van der Waals surface area contributed by atoms with Crippen LogP contribution in [0.1, 0.15) is 13.8 Å². The predicted octanol–water partition coefficient (Wildman–Crippen LogP) is 1.08. The number of piperazine rings is 1. The highest BCUT2D eigenvalue weighted by Gasteiger charge is 2.27. The first kappa shape index (κ1) is 21.6. The SMILES string of the molecule is CC(=O)N1CCN([C@H](C)C(=O)Nc2ccc(Cl)c(S(=O)(=O)N(C)C)c2)CC1. The molecule has 0 bridgehead atoms. The number of sulfonamides is 1. The minimum atomic E-state index is -3.72. The van der Waals surface area contributed by atoms with Crippen molar-refractivity contribution < 1.29 is 18.0 Å². The topological polar surface area (TPSA) is 90.0 Å². The van der Waals surface area contributed by atoms with Crippen LogP contribution >= 0.6 is 11.6 Å². The molecule has 0 unspecified atom stereocenters. The maximum absolute atomic E-state index is 12.6. The van der Waals surface area contributed by atoms with Crippen molar-refractivity contribution in [2.75, 3.05) is 45.6 Å². The largest absolute Gasteiger partial charge is 0.340 e. The molecule has 150 valence electrons. The second kappa shape index (κ2) is 8.55. The van der Waals surface area contributed by atoms with E-state index in [2.05, 4.69) is 5.32 Å². The van der Waals surface area contributed by atoms with Crippen molar-refractivity contribution in [2.24, 2.45) is 0 Å². The van der Waals surface area contributed by atoms with Gasteiger partial charge in [0, 0.05) is 52.9 Å². The minimum absolute atomic E-state index is 0.0301. The molecule has 1 fully saturated rings. The van der Waals surface area contributed by atoms with E-state index in [0.717, 1.165) is 4.31 Å². The van der Waals surface area contributed by atoms with Crippen molar-refractivity contribution in [1.82, 2.24) is 14.1 Å². The molecule has 0 saturated carbocycles. The van der Waals surface area contributed by atoms with Gasteiger partial charge in [0.15, 0.2) is 0 Å². The molecule has 1 aliphatic heterocycles. The first-order chi connectivity index (χ1) is 12.5. The maximum atomic E-state index is 12.6. The fourth-order valence-corrected chi connectivity index (χ4v) is 4.21. The lowest BCUT2D eigenvalue weighted by Crippen LogP contribution is -2.53. The molecule has 0 aromatic heterocycles. The number of nitrogens with one attached hydrogen (secondary N) is 1. The molecule has 1 atom stereocenters. The van der Waals surface area contributed by atoms with Gasteiger partial charge in [-0.2, -0.15) is 0 Å². The molecule has 0 radical (unpaired) electrons. The Morgan fingerprint density at radius 1 is 1.19 bits per heavy atom. The van der Waals surface area contributed by atoms with Gasteiger partial charge in [0.1, 0.15) is 4.90 Å². The molecule has 1 N–H and O–H groups in total. The Bertz CT molecular complexity index is 820. The smallest absolute Gasteiger partial charge is 0.244 e. The van der Waals surface area contributed by atoms with Crippen LogP contribution in [0.4, 0.5) is 5.69 Å². The van der Waals surface area contributed by atoms with Crippen LogP contribution < -0.4 is 5.32 Å². The summed E-state index contributed by atoms with van der Waals surface area (Å²) in [5.41, 5.74) is 0.360. The highest BCUT2D eigenvalue weighted by molar-refractivity contribution is 7.89. The van der Waals surface area contributed by atoms with Crippen LogP contribution in [-0.4, -0.2) is 80.7 Å². The Kier molecular flexibility index (Phi) is 6.85. The number of benzene rings is 1. The van der Waals surface area contributed by atoms with Gasteiger partial charge in [0.25, 0.3) is 0 Å². The number of anilines is 1. The third-order valence-electron chi connectivity index (χ3n) is 4.64. The van der Waals surface area contributed by atoms with Crippen LogP contribution in [0.15, 0.2) is 23.1 Å². The number of nitrogens with zero attached hydrogens (tertiary/aromatic N) is 3. The average molecular weight is 417 g/mol. The quantitative estimate of drug-likeness (QED) is 0.775. The highest BCUT2D eigenvalue weighted by atomic mass is 35.5. The monoisotopic (exact) mass is 416 g/mol. The Balaban J connectivity index is 2.09. The van der Waals surface area contributed by atoms with Crippen LogP contribution in [0.2, 0.25) is 5.02 Å². The zero-order valence-electron chi connectivity index (χ0n) is 15.9. The molecule has 0 aliphatic carbocycles. The predicted molar refractivity (Wildman–Crippen MR) is 104 cm³/mol. The Hall–Kier alpha value is -1.68. The number of halogens is 1. The summed E-state index contributed by atoms with van der Waals surface area (Å²) >= 11 is 6.03. The highest BCUT2D eigenvalue weighted by Crippen LogP contribution is 2.27. The van der Waals surface area contributed by atoms with E-state index in [1.807, 2.05) is 4.90 Å². The Labute approximate surface area is 165 Å². The van der Waals surface area contributed by atoms with E-state index in [-0.39, 0.29) is 21.7 Å². The van der Waals surface area contributed by atoms with E-state index in [1.165, 1.54) is 33.2 Å². The van der Waals surface area contributed by atoms with Crippen LogP contribution in [-0.2, 0) is 19.6 Å². The molecular weight excluding hydrogens is 392 g/mol. The van der Waals surface area contributed by atoms with Crippen molar-refractivity contribution in [3.05, 3.63) is 23.2 Å². The summed E-state index contributed by atoms with van der Waals surface area (Å²) in [6.07, 6.45) is 0. The number of carbonyl (C=O) groups excluding carboxylic acids is 2. The number of hydrogen-bond acceptors (Lipinski definition) is 5. The normalized spacial score (nSPS) is 17.0. The van der Waals surface area contributed by atoms with Gasteiger partial charge in [0.05, 0.1) is 11.1 Å². The van der Waals surface area contributed by atoms with E-state index in [4.69, 9.17) is 11.6 Å². The summed E-state index contributed by atoms with van der Waals surface area (Å²) in [5.74, 6) is -0.218. The summed E-state index contributed by atoms with van der Waals surface area (Å²) in [4.78, 5) is 27.7. The van der Waals surface area contributed by atoms with Gasteiger partial charge in [-0.15, -0.1) is 0 Å². The van der Waals surface area contributed by atoms with Gasteiger partial charge < -0.3 is 10.2 Å². The number of rotatable bonds is 5. The molecular formula is C17H25ClN4O4S. The molecule has 1 heterocycles. The third-order valence-corrected chi connectivity index (χ3v) is 6.94. The summed E-state index contributed by atoms with van der Waals surface area (Å²) < 4.78 is 25.8. The van der Waals surface area contributed by atoms with Crippen molar-refractivity contribution in [3.8, 4) is 0 Å². The first-order valence-corrected chi connectivity index (χ1v) is 10.4. The van der Waals surface area contributed by atoms with Gasteiger partial charge in [-0.1, -0.05) is 11.6 Å². The maximum Gasteiger partial charge on any atom is 0.244 e. The van der Waals surface area contributed by atoms with E-state index in [0.29, 0.717) is 31.9 Å². The second-order valence-corrected chi connectivity index (χ2v) is 9.17. The van der Waals surface area contributed by atoms with Crippen LogP contribution in [0.25, 0.3) is 0 Å². The second-order valence-electron chi connectivity index (χ2n) is 6.64. The van der Waals surface area contributed by atoms with Crippen LogP contribution in [0, 0.1) is 0 Å². The lowest BCUT2D eigenvalue weighted by atomic mass is 10.2. The lowest BCUT2D eigenvalue weighted by molar-refractivity contribution is -0.131. The van der Waals surface area contributed by atoms with Crippen LogP contribution in [0.3, 0.4) is 0 Å². The van der Waals surface area contributed by atoms with Crippen molar-refractivity contribution >= 4 is 39.1 Å². The Morgan fingerprint density at radius 3 is 2.30 bits per heavy atom. The van der Waals surface area contributed by atoms with Crippen LogP contribution in [0.5, 0.6) is 0 Å². The summed E-state index contributed by atoms with van der Waals surface area (Å²) in [6.45, 7) is 5.69. The number of amides is 2. The number of carbonyl (C=O) groups is 2. The van der Waals surface area contributed by atoms with Gasteiger partial charge in [0.2, 0.25) is 21.8 Å². The average Bonchev–Trinajstić information content (AvgIpc) is 2.62. The van der Waals surface area contributed by atoms with Gasteiger partial charge in [-0.25, -0.2) is 12.7 Å². The van der Waals surface area contributed by atoms with E-state index in [9.17, 15) is 18.0 Å². The van der Waals surface area contributed by atoms with Crippen molar-refractivity contribution in [1.29, 1.82) is 0 Å². The molecule has 1 saturated heterocycles. The molecule has 1 aromatic rings. The molecule has 1 aromatic carbocycles. The Morgan fingerprint density at radius 2 is 1.78 bits per heavy atom. The summed E-state index contributed by atoms with van der Waals surface area (Å²) in [5, 5.41) is 2.84. The molecule has 8 nitrogen and oxygen atoms in total. The number of hydrogen-bond donors (Lipinski definition) is 1. The van der Waals surface area contributed by atoms with E-state index in [1.54, 1.807) is 17.9 Å². The molecule has 2 amide bonds. The summed E-state index contributed by atoms with van der Waals surface area (Å²) in [7, 11) is -0.886. The van der Waals surface area contributed by atoms with Gasteiger partial charge >= 0.3 is 0 Å². The zero-order valence-corrected chi connectivity index (χ0v) is 17.5. The minimum Gasteiger partial charge on any atom is -0.340 e. The fourth-order valence-electron chi connectivity index (χ4n) is 2.81. The lowest BCUT2D eigenvalue weighted by Gasteiger charge is -2.37. The van der Waals surface area contributed by atoms with Gasteiger partial charge in [-0.3, -0.25) is 14.5 Å². The van der Waals surface area contributed by atoms with Crippen molar-refractivity contribution in [3.63, 3.8) is 0 Å². The molecule has 10 heteroatoms. The fraction of sp³-hybridized carbons (Fsp3) is 0.529. The zero-order chi connectivity index (χ0) is 20.4.